The van der Waals surface area contributed by atoms with Crippen LogP contribution in [0.25, 0.3) is 0 Å². The van der Waals surface area contributed by atoms with E-state index in [0.29, 0.717) is 11.5 Å². The first-order valence-corrected chi connectivity index (χ1v) is 7.66. The summed E-state index contributed by atoms with van der Waals surface area (Å²) in [7, 11) is 1.99. The summed E-state index contributed by atoms with van der Waals surface area (Å²) in [5, 5.41) is 8.95. The molecule has 1 N–H and O–H groups in total. The molecule has 2 unspecified atom stereocenters. The van der Waals surface area contributed by atoms with Crippen molar-refractivity contribution >= 4 is 11.6 Å². The number of hydrogen-bond acceptors (Lipinski definition) is 2. The van der Waals surface area contributed by atoms with Gasteiger partial charge in [-0.2, -0.15) is 5.10 Å². The van der Waals surface area contributed by atoms with E-state index in [2.05, 4.69) is 31.2 Å². The summed E-state index contributed by atoms with van der Waals surface area (Å²) < 4.78 is 1.94. The molecule has 1 saturated carbocycles. The number of nitrogens with zero attached hydrogens (tertiary/aromatic N) is 2. The molecule has 1 heterocycles. The van der Waals surface area contributed by atoms with Crippen molar-refractivity contribution in [2.45, 2.75) is 53.0 Å². The van der Waals surface area contributed by atoms with Crippen LogP contribution in [0.5, 0.6) is 0 Å². The van der Waals surface area contributed by atoms with Gasteiger partial charge in [0.1, 0.15) is 0 Å². The molecule has 0 spiro atoms. The monoisotopic (exact) mass is 283 g/mol. The minimum atomic E-state index is 0.478. The highest BCUT2D eigenvalue weighted by atomic mass is 35.5. The second-order valence-corrected chi connectivity index (χ2v) is 6.91. The van der Waals surface area contributed by atoms with Crippen LogP contribution in [0.1, 0.15) is 45.0 Å². The molecule has 1 aliphatic rings. The number of nitrogens with one attached hydrogen (secondary N) is 1. The number of halogens is 1. The lowest BCUT2D eigenvalue weighted by Crippen LogP contribution is -2.35. The molecule has 1 aromatic heterocycles. The lowest BCUT2D eigenvalue weighted by Gasteiger charge is -2.20. The highest BCUT2D eigenvalue weighted by molar-refractivity contribution is 6.31. The van der Waals surface area contributed by atoms with Crippen molar-refractivity contribution in [3.05, 3.63) is 16.4 Å². The Labute approximate surface area is 121 Å². The first-order chi connectivity index (χ1) is 8.86. The van der Waals surface area contributed by atoms with Gasteiger partial charge in [0.2, 0.25) is 0 Å². The van der Waals surface area contributed by atoms with Crippen LogP contribution in [0.15, 0.2) is 0 Å². The van der Waals surface area contributed by atoms with Crippen LogP contribution >= 0.6 is 11.6 Å². The zero-order chi connectivity index (χ0) is 14.2. The highest BCUT2D eigenvalue weighted by Gasteiger charge is 2.49. The molecule has 0 aliphatic heterocycles. The molecule has 1 aliphatic carbocycles. The minimum Gasteiger partial charge on any atom is -0.313 e. The van der Waals surface area contributed by atoms with Gasteiger partial charge >= 0.3 is 0 Å². The standard InChI is InChI=1S/C15H26ClN3/c1-6-7-17-12(11-9-15(11,3)4)8-13-14(16)10(2)18-19(13)5/h11-12,17H,6-9H2,1-5H3. The summed E-state index contributed by atoms with van der Waals surface area (Å²) in [5.41, 5.74) is 2.57. The average molecular weight is 284 g/mol. The molecule has 2 atom stereocenters. The van der Waals surface area contributed by atoms with E-state index in [0.717, 1.165) is 35.3 Å². The van der Waals surface area contributed by atoms with Gasteiger partial charge in [-0.05, 0) is 37.6 Å². The lowest BCUT2D eigenvalue weighted by atomic mass is 9.99. The molecule has 0 saturated heterocycles. The number of aromatic nitrogens is 2. The Bertz CT molecular complexity index is 450. The van der Waals surface area contributed by atoms with Crippen LogP contribution in [0.3, 0.4) is 0 Å². The molecule has 0 amide bonds. The van der Waals surface area contributed by atoms with Crippen molar-refractivity contribution in [3.63, 3.8) is 0 Å². The number of hydrogen-bond donors (Lipinski definition) is 1. The van der Waals surface area contributed by atoms with Crippen LogP contribution in [0.2, 0.25) is 5.02 Å². The van der Waals surface area contributed by atoms with Gasteiger partial charge in [-0.25, -0.2) is 0 Å². The quantitative estimate of drug-likeness (QED) is 0.868. The van der Waals surface area contributed by atoms with Gasteiger partial charge in [-0.15, -0.1) is 0 Å². The molecule has 4 heteroatoms. The maximum atomic E-state index is 6.38. The third-order valence-corrected chi connectivity index (χ3v) is 4.90. The molecular formula is C15H26ClN3. The fourth-order valence-electron chi connectivity index (χ4n) is 2.99. The van der Waals surface area contributed by atoms with Crippen molar-refractivity contribution in [1.29, 1.82) is 0 Å². The van der Waals surface area contributed by atoms with E-state index in [1.165, 1.54) is 12.8 Å². The Balaban J connectivity index is 2.11. The molecule has 0 bridgehead atoms. The molecule has 3 nitrogen and oxygen atoms in total. The number of rotatable bonds is 6. The third-order valence-electron chi connectivity index (χ3n) is 4.41. The highest BCUT2D eigenvalue weighted by Crippen LogP contribution is 2.54. The van der Waals surface area contributed by atoms with Crippen molar-refractivity contribution in [1.82, 2.24) is 15.1 Å². The summed E-state index contributed by atoms with van der Waals surface area (Å²) in [6.45, 7) is 9.97. The van der Waals surface area contributed by atoms with Gasteiger partial charge in [-0.3, -0.25) is 4.68 Å². The zero-order valence-corrected chi connectivity index (χ0v) is 13.5. The van der Waals surface area contributed by atoms with Crippen LogP contribution in [-0.4, -0.2) is 22.4 Å². The van der Waals surface area contributed by atoms with E-state index in [1.807, 2.05) is 18.7 Å². The topological polar surface area (TPSA) is 29.9 Å². The van der Waals surface area contributed by atoms with Gasteiger partial charge in [0.05, 0.1) is 16.4 Å². The van der Waals surface area contributed by atoms with Crippen LogP contribution in [0, 0.1) is 18.3 Å². The molecule has 108 valence electrons. The molecule has 0 radical (unpaired) electrons. The van der Waals surface area contributed by atoms with Crippen LogP contribution in [-0.2, 0) is 13.5 Å². The lowest BCUT2D eigenvalue weighted by molar-refractivity contribution is 0.395. The predicted molar refractivity (Wildman–Crippen MR) is 80.6 cm³/mol. The van der Waals surface area contributed by atoms with Crippen molar-refractivity contribution in [3.8, 4) is 0 Å². The summed E-state index contributed by atoms with van der Waals surface area (Å²) in [6.07, 6.45) is 3.45. The smallest absolute Gasteiger partial charge is 0.0847 e. The van der Waals surface area contributed by atoms with E-state index in [4.69, 9.17) is 11.6 Å². The van der Waals surface area contributed by atoms with Gasteiger partial charge in [0.15, 0.2) is 0 Å². The van der Waals surface area contributed by atoms with E-state index >= 15 is 0 Å². The Kier molecular flexibility index (Phi) is 4.26. The Morgan fingerprint density at radius 2 is 2.16 bits per heavy atom. The minimum absolute atomic E-state index is 0.478. The van der Waals surface area contributed by atoms with E-state index < -0.39 is 0 Å². The third kappa shape index (κ3) is 3.14. The van der Waals surface area contributed by atoms with Crippen molar-refractivity contribution in [2.75, 3.05) is 6.54 Å². The zero-order valence-electron chi connectivity index (χ0n) is 12.8. The summed E-state index contributed by atoms with van der Waals surface area (Å²) in [6, 6.07) is 0.516. The molecule has 1 fully saturated rings. The second-order valence-electron chi connectivity index (χ2n) is 6.53. The molecule has 1 aromatic rings. The molecule has 19 heavy (non-hydrogen) atoms. The van der Waals surface area contributed by atoms with Crippen LogP contribution < -0.4 is 5.32 Å². The van der Waals surface area contributed by atoms with E-state index in [-0.39, 0.29) is 0 Å². The van der Waals surface area contributed by atoms with Crippen molar-refractivity contribution in [2.24, 2.45) is 18.4 Å². The fraction of sp³-hybridized carbons (Fsp3) is 0.800. The Morgan fingerprint density at radius 1 is 1.53 bits per heavy atom. The molecular weight excluding hydrogens is 258 g/mol. The maximum absolute atomic E-state index is 6.38. The first kappa shape index (κ1) is 14.9. The SMILES string of the molecule is CCCNC(Cc1c(Cl)c(C)nn1C)C1CC1(C)C. The van der Waals surface area contributed by atoms with E-state index in [9.17, 15) is 0 Å². The average Bonchev–Trinajstić information content (AvgIpc) is 2.90. The largest absolute Gasteiger partial charge is 0.313 e. The van der Waals surface area contributed by atoms with Crippen LogP contribution in [0.4, 0.5) is 0 Å². The fourth-order valence-corrected chi connectivity index (χ4v) is 3.23. The normalized spacial score (nSPS) is 22.5. The Morgan fingerprint density at radius 3 is 2.58 bits per heavy atom. The van der Waals surface area contributed by atoms with Gasteiger partial charge in [0, 0.05) is 19.5 Å². The maximum Gasteiger partial charge on any atom is 0.0847 e. The molecule has 0 aromatic carbocycles. The van der Waals surface area contributed by atoms with Crippen molar-refractivity contribution < 1.29 is 0 Å². The van der Waals surface area contributed by atoms with E-state index in [1.54, 1.807) is 0 Å². The van der Waals surface area contributed by atoms with Gasteiger partial charge < -0.3 is 5.32 Å². The summed E-state index contributed by atoms with van der Waals surface area (Å²) >= 11 is 6.38. The second kappa shape index (κ2) is 5.45. The molecule has 2 rings (SSSR count). The number of aryl methyl sites for hydroxylation is 2. The Hall–Kier alpha value is -0.540. The van der Waals surface area contributed by atoms with Gasteiger partial charge in [-0.1, -0.05) is 32.4 Å². The summed E-state index contributed by atoms with van der Waals surface area (Å²) in [5.74, 6) is 0.755. The first-order valence-electron chi connectivity index (χ1n) is 7.28. The van der Waals surface area contributed by atoms with Gasteiger partial charge in [0.25, 0.3) is 0 Å². The predicted octanol–water partition coefficient (Wildman–Crippen LogP) is 3.34. The summed E-state index contributed by atoms with van der Waals surface area (Å²) in [4.78, 5) is 0.